The molecule has 244 valence electrons. The number of rotatable bonds is 14. The van der Waals surface area contributed by atoms with E-state index < -0.39 is 23.5 Å². The van der Waals surface area contributed by atoms with Crippen molar-refractivity contribution >= 4 is 28.6 Å². The van der Waals surface area contributed by atoms with Gasteiger partial charge in [0.1, 0.15) is 30.2 Å². The van der Waals surface area contributed by atoms with E-state index in [1.165, 1.54) is 29.5 Å². The van der Waals surface area contributed by atoms with Crippen LogP contribution in [-0.4, -0.2) is 61.4 Å². The molecule has 11 nitrogen and oxygen atoms in total. The Morgan fingerprint density at radius 3 is 2.91 bits per heavy atom. The van der Waals surface area contributed by atoms with E-state index in [9.17, 15) is 9.90 Å². The maximum absolute atomic E-state index is 15.2. The predicted molar refractivity (Wildman–Crippen MR) is 175 cm³/mol. The number of allylic oxidation sites excluding steroid dienone is 1. The number of carbonyl (C=O) groups excluding carboxylic acids is 1. The number of anilines is 1. The SMILES string of the molecule is C=C[C@]1(C[C@@H](O)Nc2nccs2)NCCc2cc(OCC3CCCCO3)c(Oc3ccc(C(=O)N/C(=C/C=N)NC)c(F)c3)cc21. The number of aliphatic hydroxyl groups excluding tert-OH is 1. The van der Waals surface area contributed by atoms with Gasteiger partial charge in [-0.2, -0.15) is 0 Å². The summed E-state index contributed by atoms with van der Waals surface area (Å²) >= 11 is 1.39. The van der Waals surface area contributed by atoms with Gasteiger partial charge in [-0.1, -0.05) is 6.08 Å². The zero-order valence-electron chi connectivity index (χ0n) is 25.6. The number of hydrogen-bond acceptors (Lipinski definition) is 11. The van der Waals surface area contributed by atoms with E-state index in [-0.39, 0.29) is 29.7 Å². The minimum Gasteiger partial charge on any atom is -0.487 e. The molecule has 0 bridgehead atoms. The van der Waals surface area contributed by atoms with Gasteiger partial charge >= 0.3 is 0 Å². The van der Waals surface area contributed by atoms with Crippen molar-refractivity contribution in [2.45, 2.75) is 50.0 Å². The molecule has 1 saturated heterocycles. The van der Waals surface area contributed by atoms with E-state index in [2.05, 4.69) is 32.8 Å². The number of fused-ring (bicyclic) bond motifs is 1. The normalized spacial score (nSPS) is 20.2. The van der Waals surface area contributed by atoms with Crippen molar-refractivity contribution in [3.63, 3.8) is 0 Å². The number of benzene rings is 2. The third kappa shape index (κ3) is 7.91. The topological polar surface area (TPSA) is 150 Å². The standard InChI is InChI=1S/C33H39FN6O5S/c1-3-33(19-30(41)40-32-37-13-15-46-32)25-18-28(27(16-21(25)10-12-38-33)44-20-23-6-4-5-14-43-23)45-22-7-8-24(26(34)17-22)31(42)39-29(36-2)9-11-35/h3,7-9,11,13,15-18,23,30,35-36,38,41H,1,4-6,10,12,14,19-20H2,2H3,(H,37,40)(H,39,42)/b29-9+,35-11?/t23?,30-,33-/m1/s1. The third-order valence-corrected chi connectivity index (χ3v) is 8.65. The fourth-order valence-corrected chi connectivity index (χ4v) is 6.20. The average molecular weight is 651 g/mol. The van der Waals surface area contributed by atoms with Crippen molar-refractivity contribution < 1.29 is 28.5 Å². The van der Waals surface area contributed by atoms with Gasteiger partial charge in [-0.15, -0.1) is 17.9 Å². The minimum absolute atomic E-state index is 0.0434. The highest BCUT2D eigenvalue weighted by Crippen LogP contribution is 2.42. The first-order chi connectivity index (χ1) is 22.3. The lowest BCUT2D eigenvalue weighted by Gasteiger charge is -2.40. The summed E-state index contributed by atoms with van der Waals surface area (Å²) in [6.45, 7) is 5.78. The predicted octanol–water partition coefficient (Wildman–Crippen LogP) is 4.81. The molecule has 2 aliphatic heterocycles. The van der Waals surface area contributed by atoms with Gasteiger partial charge in [-0.05, 0) is 67.2 Å². The van der Waals surface area contributed by atoms with E-state index in [0.29, 0.717) is 42.8 Å². The maximum atomic E-state index is 15.2. The average Bonchev–Trinajstić information content (AvgIpc) is 3.57. The molecule has 0 spiro atoms. The Morgan fingerprint density at radius 1 is 1.35 bits per heavy atom. The Labute approximate surface area is 271 Å². The lowest BCUT2D eigenvalue weighted by Crippen LogP contribution is -2.49. The zero-order chi connectivity index (χ0) is 32.5. The molecule has 2 aromatic carbocycles. The minimum atomic E-state index is -0.934. The van der Waals surface area contributed by atoms with Crippen molar-refractivity contribution in [3.8, 4) is 17.2 Å². The van der Waals surface area contributed by atoms with E-state index >= 15 is 4.39 Å². The Kier molecular flexibility index (Phi) is 11.0. The Hall–Kier alpha value is -4.30. The number of halogens is 1. The summed E-state index contributed by atoms with van der Waals surface area (Å²) in [5.74, 6) is -0.223. The Morgan fingerprint density at radius 2 is 2.22 bits per heavy atom. The van der Waals surface area contributed by atoms with E-state index in [1.807, 2.05) is 17.5 Å². The summed E-state index contributed by atoms with van der Waals surface area (Å²) in [4.78, 5) is 16.9. The van der Waals surface area contributed by atoms with Crippen LogP contribution >= 0.6 is 11.3 Å². The fraction of sp³-hybridized carbons (Fsp3) is 0.364. The third-order valence-electron chi connectivity index (χ3n) is 7.95. The molecule has 3 heterocycles. The maximum Gasteiger partial charge on any atom is 0.259 e. The van der Waals surface area contributed by atoms with Crippen molar-refractivity contribution in [2.24, 2.45) is 0 Å². The highest BCUT2D eigenvalue weighted by Gasteiger charge is 2.37. The molecule has 6 N–H and O–H groups in total. The summed E-state index contributed by atoms with van der Waals surface area (Å²) in [6, 6.07) is 7.76. The molecule has 0 radical (unpaired) electrons. The van der Waals surface area contributed by atoms with Gasteiger partial charge in [0, 0.05) is 50.5 Å². The van der Waals surface area contributed by atoms with Crippen LogP contribution in [0.15, 0.2) is 66.5 Å². The number of carbonyl (C=O) groups is 1. The number of nitrogens with zero attached hydrogens (tertiary/aromatic N) is 1. The van der Waals surface area contributed by atoms with Crippen LogP contribution in [-0.2, 0) is 16.7 Å². The first-order valence-electron chi connectivity index (χ1n) is 15.2. The number of hydrogen-bond donors (Lipinski definition) is 6. The molecule has 0 aliphatic carbocycles. The second-order valence-corrected chi connectivity index (χ2v) is 11.9. The van der Waals surface area contributed by atoms with Crippen LogP contribution in [0.5, 0.6) is 17.2 Å². The molecule has 1 aromatic heterocycles. The van der Waals surface area contributed by atoms with Gasteiger partial charge < -0.3 is 46.0 Å². The molecule has 3 atom stereocenters. The molecular formula is C33H39FN6O5S. The van der Waals surface area contributed by atoms with Crippen LogP contribution in [0.3, 0.4) is 0 Å². The van der Waals surface area contributed by atoms with Crippen molar-refractivity contribution in [1.82, 2.24) is 20.9 Å². The molecule has 1 fully saturated rings. The summed E-state index contributed by atoms with van der Waals surface area (Å²) in [6.07, 6.45) is 8.76. The summed E-state index contributed by atoms with van der Waals surface area (Å²) in [5.41, 5.74) is 0.844. The second kappa shape index (κ2) is 15.3. The summed E-state index contributed by atoms with van der Waals surface area (Å²) in [5, 5.41) is 32.5. The molecule has 46 heavy (non-hydrogen) atoms. The number of thiazole rings is 1. The second-order valence-electron chi connectivity index (χ2n) is 11.0. The van der Waals surface area contributed by atoms with Gasteiger partial charge in [0.15, 0.2) is 16.6 Å². The fourth-order valence-electron chi connectivity index (χ4n) is 5.63. The molecule has 5 rings (SSSR count). The van der Waals surface area contributed by atoms with Crippen LogP contribution in [0.2, 0.25) is 0 Å². The molecule has 1 unspecified atom stereocenters. The van der Waals surface area contributed by atoms with Gasteiger partial charge in [-0.3, -0.25) is 4.79 Å². The number of nitrogens with one attached hydrogen (secondary N) is 5. The molecular weight excluding hydrogens is 611 g/mol. The molecule has 2 aliphatic rings. The molecule has 13 heteroatoms. The molecule has 3 aromatic rings. The smallest absolute Gasteiger partial charge is 0.259 e. The highest BCUT2D eigenvalue weighted by atomic mass is 32.1. The Balaban J connectivity index is 1.45. The van der Waals surface area contributed by atoms with E-state index in [4.69, 9.17) is 19.6 Å². The van der Waals surface area contributed by atoms with Crippen LogP contribution in [0.25, 0.3) is 0 Å². The number of aliphatic hydroxyl groups is 1. The lowest BCUT2D eigenvalue weighted by molar-refractivity contribution is -0.0114. The van der Waals surface area contributed by atoms with Crippen molar-refractivity contribution in [2.75, 3.05) is 32.1 Å². The first kappa shape index (κ1) is 33.1. The monoisotopic (exact) mass is 650 g/mol. The number of aromatic nitrogens is 1. The van der Waals surface area contributed by atoms with Gasteiger partial charge in [0.25, 0.3) is 5.91 Å². The van der Waals surface area contributed by atoms with Crippen LogP contribution < -0.4 is 30.7 Å². The number of ether oxygens (including phenoxy) is 3. The highest BCUT2D eigenvalue weighted by molar-refractivity contribution is 7.13. The van der Waals surface area contributed by atoms with Crippen molar-refractivity contribution in [1.29, 1.82) is 5.41 Å². The van der Waals surface area contributed by atoms with Crippen LogP contribution in [0.1, 0.15) is 47.2 Å². The first-order valence-corrected chi connectivity index (χ1v) is 16.0. The quantitative estimate of drug-likeness (QED) is 0.0821. The van der Waals surface area contributed by atoms with Gasteiger partial charge in [0.2, 0.25) is 0 Å². The van der Waals surface area contributed by atoms with Crippen LogP contribution in [0.4, 0.5) is 9.52 Å². The van der Waals surface area contributed by atoms with E-state index in [1.54, 1.807) is 19.3 Å². The van der Waals surface area contributed by atoms with E-state index in [0.717, 1.165) is 42.7 Å². The van der Waals surface area contributed by atoms with Crippen molar-refractivity contribution in [3.05, 3.63) is 89.0 Å². The lowest BCUT2D eigenvalue weighted by atomic mass is 9.79. The number of amides is 1. The summed E-state index contributed by atoms with van der Waals surface area (Å²) < 4.78 is 33.7. The van der Waals surface area contributed by atoms with Crippen LogP contribution in [0, 0.1) is 11.2 Å². The summed E-state index contributed by atoms with van der Waals surface area (Å²) in [7, 11) is 1.58. The zero-order valence-corrected chi connectivity index (χ0v) is 26.4. The van der Waals surface area contributed by atoms with Gasteiger partial charge in [0.05, 0.1) is 17.2 Å². The Bertz CT molecular complexity index is 1560. The molecule has 1 amide bonds. The largest absolute Gasteiger partial charge is 0.487 e. The van der Waals surface area contributed by atoms with Gasteiger partial charge in [-0.25, -0.2) is 9.37 Å². The molecule has 0 saturated carbocycles.